The molecule has 3 aliphatic heterocycles. The summed E-state index contributed by atoms with van der Waals surface area (Å²) in [5, 5.41) is 3.37. The van der Waals surface area contributed by atoms with E-state index >= 15 is 0 Å². The standard InChI is InChI=1S/C25H30N2O2/c28-25(26-23-16-27-14-12-19(23)13-15-27)22-10-11-24(21-9-5-4-8-20(21)22)29-17-18-6-2-1-3-7-18/h1-3,6-7,10-11,19,23H,4-5,8-9,12-17H2,(H,26,28). The molecule has 3 saturated heterocycles. The molecule has 4 aliphatic rings. The highest BCUT2D eigenvalue weighted by atomic mass is 16.5. The Kier molecular flexibility index (Phi) is 5.28. The van der Waals surface area contributed by atoms with Gasteiger partial charge >= 0.3 is 0 Å². The number of benzene rings is 2. The molecule has 4 nitrogen and oxygen atoms in total. The van der Waals surface area contributed by atoms with Crippen molar-refractivity contribution in [2.75, 3.05) is 19.6 Å². The van der Waals surface area contributed by atoms with Gasteiger partial charge in [0.1, 0.15) is 12.4 Å². The molecule has 0 spiro atoms. The summed E-state index contributed by atoms with van der Waals surface area (Å²) in [7, 11) is 0. The molecule has 3 fully saturated rings. The van der Waals surface area contributed by atoms with Gasteiger partial charge in [0.05, 0.1) is 0 Å². The van der Waals surface area contributed by atoms with E-state index < -0.39 is 0 Å². The van der Waals surface area contributed by atoms with Crippen molar-refractivity contribution in [3.63, 3.8) is 0 Å². The van der Waals surface area contributed by atoms with Gasteiger partial charge in [-0.2, -0.15) is 0 Å². The number of nitrogens with zero attached hydrogens (tertiary/aromatic N) is 1. The van der Waals surface area contributed by atoms with E-state index in [-0.39, 0.29) is 5.91 Å². The van der Waals surface area contributed by atoms with Crippen LogP contribution >= 0.6 is 0 Å². The summed E-state index contributed by atoms with van der Waals surface area (Å²) in [6, 6.07) is 14.6. The molecule has 6 rings (SSSR count). The zero-order valence-electron chi connectivity index (χ0n) is 17.0. The molecule has 0 saturated carbocycles. The Morgan fingerprint density at radius 3 is 2.48 bits per heavy atom. The highest BCUT2D eigenvalue weighted by molar-refractivity contribution is 5.96. The molecule has 0 radical (unpaired) electrons. The fourth-order valence-corrected chi connectivity index (χ4v) is 5.29. The molecule has 2 aromatic rings. The first-order chi connectivity index (χ1) is 14.3. The summed E-state index contributed by atoms with van der Waals surface area (Å²) in [4.78, 5) is 15.7. The third kappa shape index (κ3) is 3.91. The smallest absolute Gasteiger partial charge is 0.251 e. The zero-order chi connectivity index (χ0) is 19.6. The predicted molar refractivity (Wildman–Crippen MR) is 114 cm³/mol. The molecular weight excluding hydrogens is 360 g/mol. The largest absolute Gasteiger partial charge is 0.489 e. The van der Waals surface area contributed by atoms with Gasteiger partial charge < -0.3 is 15.0 Å². The van der Waals surface area contributed by atoms with Crippen LogP contribution in [0, 0.1) is 5.92 Å². The minimum absolute atomic E-state index is 0.108. The second-order valence-corrected chi connectivity index (χ2v) is 8.77. The average molecular weight is 391 g/mol. The molecule has 0 aromatic heterocycles. The van der Waals surface area contributed by atoms with Crippen molar-refractivity contribution in [3.05, 3.63) is 64.7 Å². The van der Waals surface area contributed by atoms with Gasteiger partial charge in [0, 0.05) is 18.2 Å². The molecule has 3 heterocycles. The molecule has 4 heteroatoms. The van der Waals surface area contributed by atoms with Gasteiger partial charge in [0.2, 0.25) is 0 Å². The van der Waals surface area contributed by atoms with Crippen molar-refractivity contribution >= 4 is 5.91 Å². The summed E-state index contributed by atoms with van der Waals surface area (Å²) >= 11 is 0. The van der Waals surface area contributed by atoms with Crippen LogP contribution in [-0.4, -0.2) is 36.5 Å². The van der Waals surface area contributed by atoms with E-state index in [0.29, 0.717) is 18.6 Å². The van der Waals surface area contributed by atoms with E-state index in [1.165, 1.54) is 49.0 Å². The minimum atomic E-state index is 0.108. The second kappa shape index (κ2) is 8.19. The first kappa shape index (κ1) is 18.7. The predicted octanol–water partition coefficient (Wildman–Crippen LogP) is 3.97. The third-order valence-corrected chi connectivity index (χ3v) is 6.95. The Hall–Kier alpha value is -2.33. The van der Waals surface area contributed by atoms with Crippen molar-refractivity contribution in [3.8, 4) is 5.75 Å². The number of rotatable bonds is 5. The summed E-state index contributed by atoms with van der Waals surface area (Å²) in [6.45, 7) is 3.97. The van der Waals surface area contributed by atoms with Crippen LogP contribution in [0.4, 0.5) is 0 Å². The first-order valence-corrected chi connectivity index (χ1v) is 11.1. The summed E-state index contributed by atoms with van der Waals surface area (Å²) in [5.74, 6) is 1.70. The highest BCUT2D eigenvalue weighted by Gasteiger charge is 2.35. The molecular formula is C25H30N2O2. The maximum atomic E-state index is 13.2. The summed E-state index contributed by atoms with van der Waals surface area (Å²) in [6.07, 6.45) is 6.72. The molecule has 1 unspecified atom stereocenters. The Labute approximate surface area is 173 Å². The van der Waals surface area contributed by atoms with E-state index in [4.69, 9.17) is 4.74 Å². The Morgan fingerprint density at radius 1 is 1.00 bits per heavy atom. The van der Waals surface area contributed by atoms with Crippen molar-refractivity contribution in [1.82, 2.24) is 10.2 Å². The van der Waals surface area contributed by atoms with Crippen LogP contribution in [0.5, 0.6) is 5.75 Å². The molecule has 1 atom stereocenters. The van der Waals surface area contributed by atoms with Crippen LogP contribution in [-0.2, 0) is 19.4 Å². The SMILES string of the molecule is O=C(NC1CN2CCC1CC2)c1ccc(OCc2ccccc2)c2c1CCCC2. The molecule has 152 valence electrons. The third-order valence-electron chi connectivity index (χ3n) is 6.95. The number of carbonyl (C=O) groups excluding carboxylic acids is 1. The van der Waals surface area contributed by atoms with Crippen LogP contribution in [0.1, 0.15) is 52.7 Å². The maximum Gasteiger partial charge on any atom is 0.251 e. The molecule has 1 aliphatic carbocycles. The van der Waals surface area contributed by atoms with Gasteiger partial charge in [-0.3, -0.25) is 4.79 Å². The van der Waals surface area contributed by atoms with Crippen molar-refractivity contribution < 1.29 is 9.53 Å². The van der Waals surface area contributed by atoms with Crippen molar-refractivity contribution in [2.45, 2.75) is 51.2 Å². The van der Waals surface area contributed by atoms with Gasteiger partial charge in [-0.15, -0.1) is 0 Å². The van der Waals surface area contributed by atoms with Crippen molar-refractivity contribution in [1.29, 1.82) is 0 Å². The molecule has 1 N–H and O–H groups in total. The Balaban J connectivity index is 1.34. The van der Waals surface area contributed by atoms with Gasteiger partial charge in [-0.05, 0) is 86.4 Å². The van der Waals surface area contributed by atoms with E-state index in [1.54, 1.807) is 0 Å². The van der Waals surface area contributed by atoms with Crippen LogP contribution < -0.4 is 10.1 Å². The second-order valence-electron chi connectivity index (χ2n) is 8.77. The number of hydrogen-bond donors (Lipinski definition) is 1. The highest BCUT2D eigenvalue weighted by Crippen LogP contribution is 2.33. The van der Waals surface area contributed by atoms with E-state index in [0.717, 1.165) is 37.1 Å². The van der Waals surface area contributed by atoms with Crippen LogP contribution in [0.2, 0.25) is 0 Å². The lowest BCUT2D eigenvalue weighted by Gasteiger charge is -2.45. The lowest BCUT2D eigenvalue weighted by molar-refractivity contribution is 0.0620. The first-order valence-electron chi connectivity index (χ1n) is 11.1. The van der Waals surface area contributed by atoms with E-state index in [1.807, 2.05) is 30.3 Å². The molecule has 29 heavy (non-hydrogen) atoms. The van der Waals surface area contributed by atoms with E-state index in [9.17, 15) is 4.79 Å². The summed E-state index contributed by atoms with van der Waals surface area (Å²) < 4.78 is 6.18. The average Bonchev–Trinajstić information content (AvgIpc) is 2.79. The fraction of sp³-hybridized carbons (Fsp3) is 0.480. The van der Waals surface area contributed by atoms with Crippen LogP contribution in [0.15, 0.2) is 42.5 Å². The van der Waals surface area contributed by atoms with Gasteiger partial charge in [-0.25, -0.2) is 0 Å². The zero-order valence-corrected chi connectivity index (χ0v) is 17.0. The number of hydrogen-bond acceptors (Lipinski definition) is 3. The molecule has 2 bridgehead atoms. The lowest BCUT2D eigenvalue weighted by Crippen LogP contribution is -2.57. The lowest BCUT2D eigenvalue weighted by atomic mass is 9.83. The number of amides is 1. The Bertz CT molecular complexity index is 872. The van der Waals surface area contributed by atoms with E-state index in [2.05, 4.69) is 22.3 Å². The number of fused-ring (bicyclic) bond motifs is 4. The van der Waals surface area contributed by atoms with Gasteiger partial charge in [0.15, 0.2) is 0 Å². The number of piperidine rings is 3. The van der Waals surface area contributed by atoms with Crippen LogP contribution in [0.3, 0.4) is 0 Å². The van der Waals surface area contributed by atoms with Crippen LogP contribution in [0.25, 0.3) is 0 Å². The monoisotopic (exact) mass is 390 g/mol. The number of carbonyl (C=O) groups is 1. The number of nitrogens with one attached hydrogen (secondary N) is 1. The Morgan fingerprint density at radius 2 is 1.76 bits per heavy atom. The maximum absolute atomic E-state index is 13.2. The molecule has 1 amide bonds. The van der Waals surface area contributed by atoms with Crippen molar-refractivity contribution in [2.24, 2.45) is 5.92 Å². The number of ether oxygens (including phenoxy) is 1. The van der Waals surface area contributed by atoms with Gasteiger partial charge in [-0.1, -0.05) is 30.3 Å². The quantitative estimate of drug-likeness (QED) is 0.840. The minimum Gasteiger partial charge on any atom is -0.489 e. The normalized spacial score (nSPS) is 25.3. The molecule has 2 aromatic carbocycles. The fourth-order valence-electron chi connectivity index (χ4n) is 5.29. The topological polar surface area (TPSA) is 41.6 Å². The summed E-state index contributed by atoms with van der Waals surface area (Å²) in [5.41, 5.74) is 4.48. The van der Waals surface area contributed by atoms with Gasteiger partial charge in [0.25, 0.3) is 5.91 Å².